The zero-order valence-electron chi connectivity index (χ0n) is 33.7. The van der Waals surface area contributed by atoms with Crippen LogP contribution in [0, 0.1) is 45.3 Å². The lowest BCUT2D eigenvalue weighted by atomic mass is 9.47. The lowest BCUT2D eigenvalue weighted by Gasteiger charge is -2.57. The Morgan fingerprint density at radius 2 is 1.16 bits per heavy atom. The number of furan rings is 2. The van der Waals surface area contributed by atoms with Crippen molar-refractivity contribution < 1.29 is 61.6 Å². The predicted molar refractivity (Wildman–Crippen MR) is 200 cm³/mol. The van der Waals surface area contributed by atoms with Crippen molar-refractivity contribution in [1.29, 1.82) is 0 Å². The average molecular weight is 791 g/mol. The highest BCUT2D eigenvalue weighted by Gasteiger charge is 2.62. The first-order chi connectivity index (χ1) is 27.0. The number of carbonyl (C=O) groups is 5. The number of hydrogen-bond acceptors (Lipinski definition) is 13. The number of methoxy groups -OCH3 is 2. The minimum Gasteiger partial charge on any atom is -0.472 e. The summed E-state index contributed by atoms with van der Waals surface area (Å²) in [6, 6.07) is 3.61. The molecule has 4 fully saturated rings. The fourth-order valence-corrected chi connectivity index (χ4v) is 11.6. The van der Waals surface area contributed by atoms with Crippen molar-refractivity contribution in [3.8, 4) is 0 Å². The highest BCUT2D eigenvalue weighted by Crippen LogP contribution is 2.65. The second kappa shape index (κ2) is 14.9. The first-order valence-corrected chi connectivity index (χ1v) is 19.9. The Hall–Kier alpha value is -4.65. The quantitative estimate of drug-likeness (QED) is 0.188. The summed E-state index contributed by atoms with van der Waals surface area (Å²) in [5.74, 6) is -2.91. The van der Waals surface area contributed by atoms with E-state index < -0.39 is 63.9 Å². The minimum absolute atomic E-state index is 0.215. The van der Waals surface area contributed by atoms with Gasteiger partial charge in [-0.3, -0.25) is 24.0 Å². The summed E-state index contributed by atoms with van der Waals surface area (Å²) < 4.78 is 37.5. The van der Waals surface area contributed by atoms with E-state index >= 15 is 0 Å². The molecule has 57 heavy (non-hydrogen) atoms. The van der Waals surface area contributed by atoms with Crippen LogP contribution in [0.1, 0.15) is 109 Å². The lowest BCUT2D eigenvalue weighted by Crippen LogP contribution is -2.55. The monoisotopic (exact) mass is 790 g/mol. The van der Waals surface area contributed by atoms with Crippen molar-refractivity contribution in [3.05, 3.63) is 71.6 Å². The number of cyclic esters (lactones) is 2. The Kier molecular flexibility index (Phi) is 10.6. The van der Waals surface area contributed by atoms with E-state index in [1.807, 2.05) is 18.2 Å². The number of hydrogen-bond donors (Lipinski definition) is 1. The Balaban J connectivity index is 0.000000175. The molecule has 8 rings (SSSR count). The molecular weight excluding hydrogens is 736 g/mol. The van der Waals surface area contributed by atoms with E-state index in [1.165, 1.54) is 21.1 Å². The van der Waals surface area contributed by atoms with Crippen LogP contribution in [-0.4, -0.2) is 61.4 Å². The van der Waals surface area contributed by atoms with Crippen molar-refractivity contribution in [2.75, 3.05) is 14.2 Å². The molecular formula is C44H54O13. The van der Waals surface area contributed by atoms with Gasteiger partial charge in [0.2, 0.25) is 0 Å². The number of allylic oxidation sites excluding steroid dienone is 2. The summed E-state index contributed by atoms with van der Waals surface area (Å²) >= 11 is 0. The summed E-state index contributed by atoms with van der Waals surface area (Å²) in [6.07, 6.45) is 12.6. The second-order valence-corrected chi connectivity index (χ2v) is 17.7. The van der Waals surface area contributed by atoms with Crippen molar-refractivity contribution in [1.82, 2.24) is 0 Å². The van der Waals surface area contributed by atoms with Gasteiger partial charge in [0, 0.05) is 46.1 Å². The maximum Gasteiger partial charge on any atom is 0.310 e. The Bertz CT molecular complexity index is 1940. The van der Waals surface area contributed by atoms with Gasteiger partial charge in [-0.25, -0.2) is 0 Å². The number of aliphatic hydroxyl groups is 1. The first kappa shape index (κ1) is 40.5. The molecule has 13 heteroatoms. The fourth-order valence-electron chi connectivity index (χ4n) is 11.6. The maximum absolute atomic E-state index is 13.0. The molecule has 2 aromatic heterocycles. The number of aliphatic hydroxyl groups excluding tert-OH is 1. The Labute approximate surface area is 332 Å². The van der Waals surface area contributed by atoms with E-state index in [4.69, 9.17) is 32.5 Å². The highest BCUT2D eigenvalue weighted by atomic mass is 16.6. The zero-order chi connectivity index (χ0) is 41.1. The molecule has 4 heterocycles. The van der Waals surface area contributed by atoms with Gasteiger partial charge in [-0.2, -0.15) is 0 Å². The van der Waals surface area contributed by atoms with Gasteiger partial charge >= 0.3 is 29.8 Å². The van der Waals surface area contributed by atoms with Crippen LogP contribution in [0.4, 0.5) is 0 Å². The molecule has 2 saturated heterocycles. The minimum atomic E-state index is -0.724. The molecule has 308 valence electrons. The van der Waals surface area contributed by atoms with Crippen LogP contribution in [0.2, 0.25) is 0 Å². The summed E-state index contributed by atoms with van der Waals surface area (Å²) in [5.41, 5.74) is 1.69. The van der Waals surface area contributed by atoms with Gasteiger partial charge < -0.3 is 37.6 Å². The van der Waals surface area contributed by atoms with Crippen LogP contribution in [0.15, 0.2) is 69.3 Å². The van der Waals surface area contributed by atoms with Crippen LogP contribution >= 0.6 is 0 Å². The fraction of sp³-hybridized carbons (Fsp3) is 0.614. The Morgan fingerprint density at radius 1 is 0.702 bits per heavy atom. The van der Waals surface area contributed by atoms with Gasteiger partial charge in [0.1, 0.15) is 18.3 Å². The second-order valence-electron chi connectivity index (χ2n) is 17.7. The third-order valence-corrected chi connectivity index (χ3v) is 14.5. The molecule has 13 nitrogen and oxygen atoms in total. The SMILES string of the molecule is COC(=O)[C@@H]1C[C@H](O)C=C2[C@@]1(C)CC[C@H]1C(=O)O[C@H](c3ccoc3)C[C@]21C.COC(=O)[C@@H]1C[C@H](OC(C)=O)C=C2[C@@]1(C)CC[C@H]1C(=O)O[C@H](c3ccoc3)C[C@]21C. The van der Waals surface area contributed by atoms with Crippen molar-refractivity contribution >= 4 is 29.8 Å². The van der Waals surface area contributed by atoms with Crippen molar-refractivity contribution in [3.63, 3.8) is 0 Å². The number of fused-ring (bicyclic) bond motifs is 6. The maximum atomic E-state index is 13.0. The van der Waals surface area contributed by atoms with Crippen LogP contribution in [-0.2, 0) is 47.7 Å². The van der Waals surface area contributed by atoms with E-state index in [0.29, 0.717) is 51.4 Å². The molecule has 0 unspecified atom stereocenters. The van der Waals surface area contributed by atoms with Crippen LogP contribution < -0.4 is 0 Å². The smallest absolute Gasteiger partial charge is 0.310 e. The van der Waals surface area contributed by atoms with Gasteiger partial charge in [-0.05, 0) is 63.2 Å². The average Bonchev–Trinajstić information content (AvgIpc) is 3.91. The molecule has 12 atom stereocenters. The Morgan fingerprint density at radius 3 is 1.58 bits per heavy atom. The zero-order valence-corrected chi connectivity index (χ0v) is 33.7. The molecule has 0 spiro atoms. The molecule has 0 bridgehead atoms. The van der Waals surface area contributed by atoms with Crippen molar-refractivity contribution in [2.24, 2.45) is 45.3 Å². The van der Waals surface area contributed by atoms with E-state index in [1.54, 1.807) is 31.1 Å². The molecule has 6 aliphatic rings. The number of carbonyl (C=O) groups excluding carboxylic acids is 5. The van der Waals surface area contributed by atoms with Gasteiger partial charge in [-0.1, -0.05) is 44.9 Å². The first-order valence-electron chi connectivity index (χ1n) is 19.9. The summed E-state index contributed by atoms with van der Waals surface area (Å²) in [5, 5.41) is 10.5. The largest absolute Gasteiger partial charge is 0.472 e. The van der Waals surface area contributed by atoms with Crippen LogP contribution in [0.3, 0.4) is 0 Å². The van der Waals surface area contributed by atoms with Gasteiger partial charge in [0.15, 0.2) is 0 Å². The summed E-state index contributed by atoms with van der Waals surface area (Å²) in [6.45, 7) is 9.64. The summed E-state index contributed by atoms with van der Waals surface area (Å²) in [4.78, 5) is 62.7. The lowest BCUT2D eigenvalue weighted by molar-refractivity contribution is -0.178. The molecule has 1 N–H and O–H groups in total. The van der Waals surface area contributed by atoms with Gasteiger partial charge in [0.05, 0.1) is 69.0 Å². The van der Waals surface area contributed by atoms with Gasteiger partial charge in [0.25, 0.3) is 0 Å². The van der Waals surface area contributed by atoms with Crippen LogP contribution in [0.5, 0.6) is 0 Å². The highest BCUT2D eigenvalue weighted by molar-refractivity contribution is 5.79. The predicted octanol–water partition coefficient (Wildman–Crippen LogP) is 6.91. The third kappa shape index (κ3) is 6.83. The molecule has 2 aromatic rings. The van der Waals surface area contributed by atoms with E-state index in [0.717, 1.165) is 22.3 Å². The van der Waals surface area contributed by atoms with Crippen molar-refractivity contribution in [2.45, 2.75) is 110 Å². The number of esters is 5. The van der Waals surface area contributed by atoms with Crippen LogP contribution in [0.25, 0.3) is 0 Å². The molecule has 2 aliphatic heterocycles. The standard InChI is InChI=1S/C23H28O7.C21H26O6/c1-13(24)29-15-9-17(20(25)27-4)22(2)7-5-16-21(26)30-18(14-6-8-28-12-14)11-23(16,3)19(22)10-15;1-20-6-4-14-19(24)27-16(12-5-7-26-11-12)10-21(14,2)17(20)9-13(22)8-15(20)18(23)25-3/h6,8,10,12,15-18H,5,7,9,11H2,1-4H3;5,7,9,11,13-16,22H,4,6,8,10H2,1-3H3/t15-,16-,17-,18-,22-,23-;13-,14-,15-,16-,20-,21-/m00/s1. The topological polar surface area (TPSA) is 178 Å². The molecule has 4 aliphatic carbocycles. The van der Waals surface area contributed by atoms with Gasteiger partial charge in [-0.15, -0.1) is 0 Å². The number of rotatable bonds is 5. The number of ether oxygens (including phenoxy) is 5. The van der Waals surface area contributed by atoms with E-state index in [9.17, 15) is 29.1 Å². The van der Waals surface area contributed by atoms with E-state index in [-0.39, 0.29) is 35.7 Å². The third-order valence-electron chi connectivity index (χ3n) is 14.5. The molecule has 2 saturated carbocycles. The summed E-state index contributed by atoms with van der Waals surface area (Å²) in [7, 11) is 2.76. The molecule has 0 radical (unpaired) electrons. The normalized spacial score (nSPS) is 39.4. The molecule has 0 amide bonds. The molecule has 0 aromatic carbocycles. The van der Waals surface area contributed by atoms with E-state index in [2.05, 4.69) is 27.7 Å².